The number of carbonyl (C=O) groups excluding carboxylic acids is 1. The monoisotopic (exact) mass is 261 g/mol. The molecule has 0 unspecified atom stereocenters. The number of fused-ring (bicyclic) bond motifs is 3. The second-order valence-electron chi connectivity index (χ2n) is 4.55. The Kier molecular flexibility index (Phi) is 2.70. The van der Waals surface area contributed by atoms with Crippen molar-refractivity contribution in [2.45, 2.75) is 26.2 Å². The number of thiophene rings is 1. The normalized spacial score (nSPS) is 13.7. The highest BCUT2D eigenvalue weighted by Gasteiger charge is 2.24. The van der Waals surface area contributed by atoms with Crippen LogP contribution in [0.3, 0.4) is 0 Å². The van der Waals surface area contributed by atoms with Crippen LogP contribution in [0.2, 0.25) is 0 Å². The molecule has 0 aromatic carbocycles. The van der Waals surface area contributed by atoms with Crippen molar-refractivity contribution in [1.82, 2.24) is 15.5 Å². The summed E-state index contributed by atoms with van der Waals surface area (Å²) in [6.07, 6.45) is 3.07. The molecule has 1 aliphatic carbocycles. The van der Waals surface area contributed by atoms with E-state index in [2.05, 4.69) is 28.5 Å². The van der Waals surface area contributed by atoms with Gasteiger partial charge in [0.1, 0.15) is 5.69 Å². The van der Waals surface area contributed by atoms with E-state index in [0.29, 0.717) is 5.69 Å². The van der Waals surface area contributed by atoms with Gasteiger partial charge >= 0.3 is 0 Å². The Hall–Kier alpha value is -1.62. The Bertz CT molecular complexity index is 612. The van der Waals surface area contributed by atoms with E-state index in [4.69, 9.17) is 0 Å². The van der Waals surface area contributed by atoms with Crippen LogP contribution in [0.15, 0.2) is 6.07 Å². The van der Waals surface area contributed by atoms with E-state index in [1.54, 1.807) is 7.05 Å². The van der Waals surface area contributed by atoms with Gasteiger partial charge in [-0.15, -0.1) is 11.3 Å². The smallest absolute Gasteiger partial charge is 0.269 e. The molecule has 0 spiro atoms. The van der Waals surface area contributed by atoms with Gasteiger partial charge < -0.3 is 5.32 Å². The molecule has 0 saturated heterocycles. The van der Waals surface area contributed by atoms with Crippen molar-refractivity contribution >= 4 is 17.2 Å². The van der Waals surface area contributed by atoms with Gasteiger partial charge in [0.2, 0.25) is 0 Å². The first-order chi connectivity index (χ1) is 8.70. The van der Waals surface area contributed by atoms with Crippen molar-refractivity contribution in [3.05, 3.63) is 27.1 Å². The Balaban J connectivity index is 2.17. The zero-order chi connectivity index (χ0) is 12.7. The standard InChI is InChI=1S/C13H15N3OS/c1-7-6-9-10(18-7)5-3-4-8-11(9)15-16-12(8)13(17)14-2/h6H,3-5H2,1-2H3,(H,14,17)(H,15,16). The lowest BCUT2D eigenvalue weighted by molar-refractivity contribution is 0.0957. The predicted octanol–water partition coefficient (Wildman–Crippen LogP) is 2.29. The highest BCUT2D eigenvalue weighted by atomic mass is 32.1. The minimum atomic E-state index is -0.0841. The minimum absolute atomic E-state index is 0.0841. The number of nitrogens with one attached hydrogen (secondary N) is 2. The van der Waals surface area contributed by atoms with Crippen LogP contribution >= 0.6 is 11.3 Å². The van der Waals surface area contributed by atoms with Crippen molar-refractivity contribution in [2.24, 2.45) is 0 Å². The Labute approximate surface area is 109 Å². The third-order valence-electron chi connectivity index (χ3n) is 3.34. The van der Waals surface area contributed by atoms with Gasteiger partial charge in [-0.25, -0.2) is 0 Å². The summed E-state index contributed by atoms with van der Waals surface area (Å²) in [4.78, 5) is 14.5. The molecular weight excluding hydrogens is 246 g/mol. The number of carbonyl (C=O) groups is 1. The topological polar surface area (TPSA) is 57.8 Å². The van der Waals surface area contributed by atoms with E-state index in [-0.39, 0.29) is 5.91 Å². The number of hydrogen-bond donors (Lipinski definition) is 2. The highest BCUT2D eigenvalue weighted by Crippen LogP contribution is 2.37. The number of aromatic amines is 1. The lowest BCUT2D eigenvalue weighted by atomic mass is 10.1. The summed E-state index contributed by atoms with van der Waals surface area (Å²) in [5.41, 5.74) is 3.84. The molecule has 3 rings (SSSR count). The van der Waals surface area contributed by atoms with E-state index in [1.165, 1.54) is 15.3 Å². The van der Waals surface area contributed by atoms with Gasteiger partial charge in [0.05, 0.1) is 5.69 Å². The van der Waals surface area contributed by atoms with Crippen LogP contribution in [0.1, 0.15) is 32.2 Å². The number of hydrogen-bond acceptors (Lipinski definition) is 3. The average molecular weight is 261 g/mol. The molecule has 4 nitrogen and oxygen atoms in total. The number of aromatic nitrogens is 2. The summed E-state index contributed by atoms with van der Waals surface area (Å²) in [6, 6.07) is 2.18. The Morgan fingerprint density at radius 1 is 1.50 bits per heavy atom. The van der Waals surface area contributed by atoms with E-state index in [1.807, 2.05) is 11.3 Å². The molecule has 18 heavy (non-hydrogen) atoms. The largest absolute Gasteiger partial charge is 0.354 e. The van der Waals surface area contributed by atoms with Crippen LogP contribution in [-0.2, 0) is 12.8 Å². The molecule has 1 aliphatic rings. The lowest BCUT2D eigenvalue weighted by Gasteiger charge is -2.01. The Morgan fingerprint density at radius 3 is 3.11 bits per heavy atom. The number of H-pyrrole nitrogens is 1. The third-order valence-corrected chi connectivity index (χ3v) is 4.45. The second kappa shape index (κ2) is 4.24. The van der Waals surface area contributed by atoms with E-state index in [9.17, 15) is 4.79 Å². The van der Waals surface area contributed by atoms with Gasteiger partial charge in [-0.1, -0.05) is 0 Å². The molecule has 0 atom stereocenters. The van der Waals surface area contributed by atoms with Gasteiger partial charge in [0, 0.05) is 27.9 Å². The van der Waals surface area contributed by atoms with Crippen molar-refractivity contribution < 1.29 is 4.79 Å². The number of aryl methyl sites for hydroxylation is 2. The number of rotatable bonds is 1. The maximum Gasteiger partial charge on any atom is 0.269 e. The molecule has 1 amide bonds. The first kappa shape index (κ1) is 11.5. The zero-order valence-corrected chi connectivity index (χ0v) is 11.3. The molecule has 2 aromatic heterocycles. The number of nitrogens with zero attached hydrogens (tertiary/aromatic N) is 1. The van der Waals surface area contributed by atoms with Gasteiger partial charge in [-0.05, 0) is 32.3 Å². The van der Waals surface area contributed by atoms with Crippen molar-refractivity contribution in [3.63, 3.8) is 0 Å². The molecule has 94 valence electrons. The summed E-state index contributed by atoms with van der Waals surface area (Å²) in [6.45, 7) is 2.12. The fourth-order valence-corrected chi connectivity index (χ4v) is 3.60. The van der Waals surface area contributed by atoms with Crippen molar-refractivity contribution in [3.8, 4) is 11.3 Å². The van der Waals surface area contributed by atoms with Gasteiger partial charge in [0.15, 0.2) is 0 Å². The second-order valence-corrected chi connectivity index (χ2v) is 5.89. The van der Waals surface area contributed by atoms with Gasteiger partial charge in [-0.2, -0.15) is 5.10 Å². The molecule has 2 N–H and O–H groups in total. The molecular formula is C13H15N3OS. The van der Waals surface area contributed by atoms with Gasteiger partial charge in [-0.3, -0.25) is 9.89 Å². The molecule has 5 heteroatoms. The van der Waals surface area contributed by atoms with E-state index >= 15 is 0 Å². The minimum Gasteiger partial charge on any atom is -0.354 e. The molecule has 0 radical (unpaired) electrons. The molecule has 0 fully saturated rings. The first-order valence-electron chi connectivity index (χ1n) is 6.09. The van der Waals surface area contributed by atoms with Crippen LogP contribution in [0, 0.1) is 6.92 Å². The van der Waals surface area contributed by atoms with Crippen molar-refractivity contribution in [1.29, 1.82) is 0 Å². The van der Waals surface area contributed by atoms with Crippen LogP contribution in [0.25, 0.3) is 11.3 Å². The summed E-state index contributed by atoms with van der Waals surface area (Å²) in [5, 5.41) is 9.91. The zero-order valence-electron chi connectivity index (χ0n) is 10.5. The Morgan fingerprint density at radius 2 is 2.33 bits per heavy atom. The maximum atomic E-state index is 11.8. The number of amides is 1. The van der Waals surface area contributed by atoms with E-state index < -0.39 is 0 Å². The molecule has 2 aromatic rings. The highest BCUT2D eigenvalue weighted by molar-refractivity contribution is 7.12. The van der Waals surface area contributed by atoms with Gasteiger partial charge in [0.25, 0.3) is 5.91 Å². The summed E-state index contributed by atoms with van der Waals surface area (Å²) in [7, 11) is 1.65. The fourth-order valence-electron chi connectivity index (χ4n) is 2.52. The SMILES string of the molecule is CNC(=O)c1[nH]nc2c1CCCc1sc(C)cc1-2. The maximum absolute atomic E-state index is 11.8. The molecule has 2 heterocycles. The lowest BCUT2D eigenvalue weighted by Crippen LogP contribution is -2.19. The quantitative estimate of drug-likeness (QED) is 0.827. The summed E-state index contributed by atoms with van der Waals surface area (Å²) < 4.78 is 0. The van der Waals surface area contributed by atoms with Crippen LogP contribution in [0.5, 0.6) is 0 Å². The summed E-state index contributed by atoms with van der Waals surface area (Å²) in [5.74, 6) is -0.0841. The molecule has 0 saturated carbocycles. The first-order valence-corrected chi connectivity index (χ1v) is 6.91. The van der Waals surface area contributed by atoms with Crippen molar-refractivity contribution in [2.75, 3.05) is 7.05 Å². The van der Waals surface area contributed by atoms with Crippen LogP contribution in [0.4, 0.5) is 0 Å². The third kappa shape index (κ3) is 1.66. The molecule has 0 aliphatic heterocycles. The predicted molar refractivity (Wildman–Crippen MR) is 72.1 cm³/mol. The van der Waals surface area contributed by atoms with Crippen LogP contribution in [-0.4, -0.2) is 23.2 Å². The fraction of sp³-hybridized carbons (Fsp3) is 0.385. The van der Waals surface area contributed by atoms with Crippen LogP contribution < -0.4 is 5.32 Å². The molecule has 0 bridgehead atoms. The summed E-state index contributed by atoms with van der Waals surface area (Å²) >= 11 is 1.84. The van der Waals surface area contributed by atoms with E-state index in [0.717, 1.165) is 30.5 Å². The average Bonchev–Trinajstić information content (AvgIpc) is 2.89.